The van der Waals surface area contributed by atoms with Gasteiger partial charge in [0.2, 0.25) is 0 Å². The maximum atomic E-state index is 12.1. The summed E-state index contributed by atoms with van der Waals surface area (Å²) in [6.07, 6.45) is 4.22. The maximum absolute atomic E-state index is 12.1. The van der Waals surface area contributed by atoms with E-state index in [2.05, 4.69) is 6.58 Å². The Kier molecular flexibility index (Phi) is 5.38. The third-order valence-electron chi connectivity index (χ3n) is 3.58. The lowest BCUT2D eigenvalue weighted by molar-refractivity contribution is -0.138. The first-order valence-electron chi connectivity index (χ1n) is 6.39. The van der Waals surface area contributed by atoms with Gasteiger partial charge in [-0.3, -0.25) is 0 Å². The predicted octanol–water partition coefficient (Wildman–Crippen LogP) is 2.10. The molecule has 104 valence electrons. The van der Waals surface area contributed by atoms with Crippen molar-refractivity contribution in [3.63, 3.8) is 0 Å². The average molecular weight is 274 g/mol. The second-order valence-electron chi connectivity index (χ2n) is 5.03. The summed E-state index contributed by atoms with van der Waals surface area (Å²) >= 11 is 0. The highest BCUT2D eigenvalue weighted by molar-refractivity contribution is 7.92. The molecule has 18 heavy (non-hydrogen) atoms. The zero-order valence-corrected chi connectivity index (χ0v) is 12.0. The van der Waals surface area contributed by atoms with Crippen LogP contribution in [0.25, 0.3) is 0 Å². The van der Waals surface area contributed by atoms with Crippen LogP contribution in [0.1, 0.15) is 39.5 Å². The van der Waals surface area contributed by atoms with Gasteiger partial charge in [0.1, 0.15) is 6.61 Å². The van der Waals surface area contributed by atoms with Crippen LogP contribution in [-0.2, 0) is 19.4 Å². The molecule has 0 aliphatic heterocycles. The van der Waals surface area contributed by atoms with Crippen LogP contribution in [0.5, 0.6) is 0 Å². The Hall–Kier alpha value is -0.840. The molecule has 0 N–H and O–H groups in total. The first-order valence-corrected chi connectivity index (χ1v) is 8.10. The third kappa shape index (κ3) is 4.12. The van der Waals surface area contributed by atoms with Gasteiger partial charge >= 0.3 is 5.97 Å². The maximum Gasteiger partial charge on any atom is 0.333 e. The molecule has 1 aliphatic rings. The second-order valence-corrected chi connectivity index (χ2v) is 7.51. The Morgan fingerprint density at radius 3 is 2.44 bits per heavy atom. The van der Waals surface area contributed by atoms with Crippen LogP contribution in [0.3, 0.4) is 0 Å². The van der Waals surface area contributed by atoms with Crippen LogP contribution in [0.15, 0.2) is 12.2 Å². The molecular formula is C13H22O4S. The lowest BCUT2D eigenvalue weighted by Gasteiger charge is -2.19. The fourth-order valence-electron chi connectivity index (χ4n) is 2.28. The summed E-state index contributed by atoms with van der Waals surface area (Å²) in [5, 5.41) is -0.330. The number of esters is 1. The molecule has 0 aromatic heterocycles. The van der Waals surface area contributed by atoms with Gasteiger partial charge in [-0.25, -0.2) is 13.2 Å². The predicted molar refractivity (Wildman–Crippen MR) is 71.0 cm³/mol. The molecule has 0 heterocycles. The van der Waals surface area contributed by atoms with Crippen molar-refractivity contribution in [1.82, 2.24) is 0 Å². The number of ether oxygens (including phenoxy) is 1. The highest BCUT2D eigenvalue weighted by Crippen LogP contribution is 2.31. The van der Waals surface area contributed by atoms with E-state index in [0.717, 1.165) is 25.7 Å². The number of carbonyl (C=O) groups excluding carboxylic acids is 1. The molecule has 5 heteroatoms. The van der Waals surface area contributed by atoms with Gasteiger partial charge in [-0.1, -0.05) is 19.4 Å². The number of hydrogen-bond acceptors (Lipinski definition) is 4. The lowest BCUT2D eigenvalue weighted by Crippen LogP contribution is -2.29. The first kappa shape index (κ1) is 15.2. The summed E-state index contributed by atoms with van der Waals surface area (Å²) in [4.78, 5) is 11.1. The summed E-state index contributed by atoms with van der Waals surface area (Å²) in [5.41, 5.74) is 0.288. The van der Waals surface area contributed by atoms with Crippen LogP contribution < -0.4 is 0 Å². The molecular weight excluding hydrogens is 252 g/mol. The molecule has 0 aromatic carbocycles. The summed E-state index contributed by atoms with van der Waals surface area (Å²) in [6.45, 7) is 6.68. The van der Waals surface area contributed by atoms with Crippen LogP contribution in [-0.4, -0.2) is 32.0 Å². The van der Waals surface area contributed by atoms with E-state index in [4.69, 9.17) is 4.74 Å². The van der Waals surface area contributed by atoms with Gasteiger partial charge < -0.3 is 4.74 Å². The normalized spacial score (nSPS) is 18.6. The SMILES string of the molecule is C=C(C)C(=O)OCCS(=O)(=O)C(C)C1CCCC1. The highest BCUT2D eigenvalue weighted by Gasteiger charge is 2.31. The summed E-state index contributed by atoms with van der Waals surface area (Å²) < 4.78 is 28.9. The quantitative estimate of drug-likeness (QED) is 0.550. The number of hydrogen-bond donors (Lipinski definition) is 0. The second kappa shape index (κ2) is 6.36. The van der Waals surface area contributed by atoms with Gasteiger partial charge in [0.05, 0.1) is 11.0 Å². The van der Waals surface area contributed by atoms with Crippen LogP contribution in [0.2, 0.25) is 0 Å². The van der Waals surface area contributed by atoms with E-state index in [-0.39, 0.29) is 29.1 Å². The molecule has 4 nitrogen and oxygen atoms in total. The van der Waals surface area contributed by atoms with Gasteiger partial charge in [-0.05, 0) is 32.6 Å². The van der Waals surface area contributed by atoms with Gasteiger partial charge in [-0.15, -0.1) is 0 Å². The minimum absolute atomic E-state index is 0.0783. The molecule has 0 spiro atoms. The Balaban J connectivity index is 2.44. The van der Waals surface area contributed by atoms with E-state index in [9.17, 15) is 13.2 Å². The van der Waals surface area contributed by atoms with Crippen LogP contribution in [0.4, 0.5) is 0 Å². The first-order chi connectivity index (χ1) is 8.34. The molecule has 1 fully saturated rings. The Morgan fingerprint density at radius 2 is 1.94 bits per heavy atom. The molecule has 1 rings (SSSR count). The molecule has 1 atom stereocenters. The Bertz CT molecular complexity index is 405. The summed E-state index contributed by atoms with van der Waals surface area (Å²) in [5.74, 6) is -0.352. The minimum atomic E-state index is -3.17. The Labute approximate surface area is 109 Å². The molecule has 0 saturated heterocycles. The van der Waals surface area contributed by atoms with E-state index in [1.54, 1.807) is 6.92 Å². The summed E-state index contributed by atoms with van der Waals surface area (Å²) in [6, 6.07) is 0. The van der Waals surface area contributed by atoms with Crippen molar-refractivity contribution in [3.8, 4) is 0 Å². The zero-order valence-electron chi connectivity index (χ0n) is 11.1. The number of rotatable bonds is 6. The van der Waals surface area contributed by atoms with E-state index in [0.29, 0.717) is 0 Å². The minimum Gasteiger partial charge on any atom is -0.461 e. The van der Waals surface area contributed by atoms with E-state index in [1.165, 1.54) is 6.92 Å². The van der Waals surface area contributed by atoms with Gasteiger partial charge in [0.25, 0.3) is 0 Å². The van der Waals surface area contributed by atoms with Crippen molar-refractivity contribution >= 4 is 15.8 Å². The fraction of sp³-hybridized carbons (Fsp3) is 0.769. The summed E-state index contributed by atoms with van der Waals surface area (Å²) in [7, 11) is -3.17. The van der Waals surface area contributed by atoms with Crippen molar-refractivity contribution in [2.75, 3.05) is 12.4 Å². The number of sulfone groups is 1. The smallest absolute Gasteiger partial charge is 0.333 e. The van der Waals surface area contributed by atoms with Crippen molar-refractivity contribution in [1.29, 1.82) is 0 Å². The van der Waals surface area contributed by atoms with E-state index in [1.807, 2.05) is 0 Å². The number of carbonyl (C=O) groups is 1. The van der Waals surface area contributed by atoms with Gasteiger partial charge in [-0.2, -0.15) is 0 Å². The molecule has 0 bridgehead atoms. The van der Waals surface area contributed by atoms with E-state index < -0.39 is 15.8 Å². The van der Waals surface area contributed by atoms with Crippen LogP contribution >= 0.6 is 0 Å². The molecule has 0 aromatic rings. The van der Waals surface area contributed by atoms with Crippen molar-refractivity contribution in [3.05, 3.63) is 12.2 Å². The lowest BCUT2D eigenvalue weighted by atomic mass is 10.1. The molecule has 1 aliphatic carbocycles. The van der Waals surface area contributed by atoms with Gasteiger partial charge in [0, 0.05) is 5.57 Å². The fourth-order valence-corrected chi connectivity index (χ4v) is 3.83. The van der Waals surface area contributed by atoms with Crippen molar-refractivity contribution in [2.45, 2.75) is 44.8 Å². The monoisotopic (exact) mass is 274 g/mol. The molecule has 0 amide bonds. The van der Waals surface area contributed by atoms with Crippen molar-refractivity contribution in [2.24, 2.45) is 5.92 Å². The topological polar surface area (TPSA) is 60.4 Å². The van der Waals surface area contributed by atoms with Crippen molar-refractivity contribution < 1.29 is 17.9 Å². The van der Waals surface area contributed by atoms with Crippen LogP contribution in [0, 0.1) is 5.92 Å². The zero-order chi connectivity index (χ0) is 13.8. The molecule has 1 saturated carbocycles. The Morgan fingerprint density at radius 1 is 1.39 bits per heavy atom. The van der Waals surface area contributed by atoms with E-state index >= 15 is 0 Å². The molecule has 1 unspecified atom stereocenters. The standard InChI is InChI=1S/C13H22O4S/c1-10(2)13(14)17-8-9-18(15,16)11(3)12-6-4-5-7-12/h11-12H,1,4-9H2,2-3H3. The highest BCUT2D eigenvalue weighted by atomic mass is 32.2. The van der Waals surface area contributed by atoms with Gasteiger partial charge in [0.15, 0.2) is 9.84 Å². The molecule has 0 radical (unpaired) electrons. The average Bonchev–Trinajstić information content (AvgIpc) is 2.80. The largest absolute Gasteiger partial charge is 0.461 e. The third-order valence-corrected chi connectivity index (χ3v) is 5.83.